The first-order chi connectivity index (χ1) is 8.61. The fourth-order valence-corrected chi connectivity index (χ4v) is 3.49. The van der Waals surface area contributed by atoms with Crippen molar-refractivity contribution in [3.05, 3.63) is 0 Å². The topological polar surface area (TPSA) is 43.8 Å². The van der Waals surface area contributed by atoms with Gasteiger partial charge in [0.05, 0.1) is 6.10 Å². The van der Waals surface area contributed by atoms with Gasteiger partial charge < -0.3 is 14.9 Å². The van der Waals surface area contributed by atoms with E-state index in [1.54, 1.807) is 4.90 Å². The first-order valence-electron chi connectivity index (χ1n) is 7.27. The highest BCUT2D eigenvalue weighted by molar-refractivity contribution is 5.74. The molecular weight excluding hydrogens is 228 g/mol. The lowest BCUT2D eigenvalue weighted by Crippen LogP contribution is -2.53. The average Bonchev–Trinajstić information content (AvgIpc) is 2.38. The minimum atomic E-state index is -0.209. The number of hydrogen-bond acceptors (Lipinski definition) is 2. The van der Waals surface area contributed by atoms with Crippen LogP contribution in [-0.4, -0.2) is 53.7 Å². The van der Waals surface area contributed by atoms with Gasteiger partial charge in [-0.05, 0) is 32.1 Å². The standard InChI is InChI=1S/C14H26N2O2/c1-15(2)14(18)16-10-6-5-8-12(16)11-7-3-4-9-13(11)17/h11-13,17H,3-10H2,1-2H3. The molecule has 1 saturated heterocycles. The largest absolute Gasteiger partial charge is 0.393 e. The number of likely N-dealkylation sites (tertiary alicyclic amines) is 1. The smallest absolute Gasteiger partial charge is 0.319 e. The van der Waals surface area contributed by atoms with Crippen LogP contribution in [0.3, 0.4) is 0 Å². The zero-order chi connectivity index (χ0) is 13.1. The van der Waals surface area contributed by atoms with Crippen LogP contribution in [0.4, 0.5) is 4.79 Å². The van der Waals surface area contributed by atoms with Crippen LogP contribution in [0.2, 0.25) is 0 Å². The Labute approximate surface area is 110 Å². The molecule has 2 aliphatic rings. The fourth-order valence-electron chi connectivity index (χ4n) is 3.49. The molecule has 0 aromatic rings. The van der Waals surface area contributed by atoms with Gasteiger partial charge in [0, 0.05) is 32.6 Å². The summed E-state index contributed by atoms with van der Waals surface area (Å²) in [6.45, 7) is 0.852. The van der Waals surface area contributed by atoms with Crippen molar-refractivity contribution >= 4 is 6.03 Å². The first kappa shape index (κ1) is 13.7. The zero-order valence-corrected chi connectivity index (χ0v) is 11.6. The van der Waals surface area contributed by atoms with Gasteiger partial charge in [0.15, 0.2) is 0 Å². The van der Waals surface area contributed by atoms with Crippen molar-refractivity contribution in [1.29, 1.82) is 0 Å². The van der Waals surface area contributed by atoms with Crippen LogP contribution < -0.4 is 0 Å². The van der Waals surface area contributed by atoms with E-state index in [1.807, 2.05) is 19.0 Å². The third kappa shape index (κ3) is 2.79. The second-order valence-electron chi connectivity index (χ2n) is 5.95. The summed E-state index contributed by atoms with van der Waals surface area (Å²) in [4.78, 5) is 15.9. The predicted octanol–water partition coefficient (Wildman–Crippen LogP) is 2.07. The van der Waals surface area contributed by atoms with Gasteiger partial charge in [0.1, 0.15) is 0 Å². The van der Waals surface area contributed by atoms with E-state index >= 15 is 0 Å². The van der Waals surface area contributed by atoms with E-state index in [2.05, 4.69) is 0 Å². The molecule has 18 heavy (non-hydrogen) atoms. The summed E-state index contributed by atoms with van der Waals surface area (Å²) in [5.74, 6) is 0.294. The minimum Gasteiger partial charge on any atom is -0.393 e. The van der Waals surface area contributed by atoms with Gasteiger partial charge in [-0.1, -0.05) is 12.8 Å². The van der Waals surface area contributed by atoms with Crippen molar-refractivity contribution in [1.82, 2.24) is 9.80 Å². The Morgan fingerprint density at radius 2 is 1.78 bits per heavy atom. The average molecular weight is 254 g/mol. The Balaban J connectivity index is 2.09. The Morgan fingerprint density at radius 3 is 2.44 bits per heavy atom. The summed E-state index contributed by atoms with van der Waals surface area (Å²) in [5, 5.41) is 10.2. The summed E-state index contributed by atoms with van der Waals surface area (Å²) in [7, 11) is 3.62. The molecule has 4 nitrogen and oxygen atoms in total. The van der Waals surface area contributed by atoms with E-state index in [1.165, 1.54) is 12.8 Å². The number of rotatable bonds is 1. The lowest BCUT2D eigenvalue weighted by molar-refractivity contribution is 0.00472. The summed E-state index contributed by atoms with van der Waals surface area (Å²) in [6.07, 6.45) is 7.44. The molecule has 0 bridgehead atoms. The van der Waals surface area contributed by atoms with Crippen molar-refractivity contribution in [3.63, 3.8) is 0 Å². The van der Waals surface area contributed by atoms with E-state index in [0.29, 0.717) is 5.92 Å². The van der Waals surface area contributed by atoms with Gasteiger partial charge >= 0.3 is 6.03 Å². The maximum Gasteiger partial charge on any atom is 0.319 e. The molecule has 0 aromatic carbocycles. The first-order valence-corrected chi connectivity index (χ1v) is 7.27. The molecule has 4 heteroatoms. The molecular formula is C14H26N2O2. The van der Waals surface area contributed by atoms with Gasteiger partial charge in [-0.25, -0.2) is 4.79 Å². The second kappa shape index (κ2) is 5.91. The van der Waals surface area contributed by atoms with Crippen LogP contribution in [0, 0.1) is 5.92 Å². The van der Waals surface area contributed by atoms with Crippen LogP contribution in [0.15, 0.2) is 0 Å². The number of carbonyl (C=O) groups is 1. The number of urea groups is 1. The predicted molar refractivity (Wildman–Crippen MR) is 71.4 cm³/mol. The third-order valence-electron chi connectivity index (χ3n) is 4.45. The number of piperidine rings is 1. The van der Waals surface area contributed by atoms with Gasteiger partial charge in [-0.2, -0.15) is 0 Å². The molecule has 0 aromatic heterocycles. The van der Waals surface area contributed by atoms with Gasteiger partial charge in [-0.3, -0.25) is 0 Å². The van der Waals surface area contributed by atoms with E-state index in [0.717, 1.165) is 38.6 Å². The van der Waals surface area contributed by atoms with E-state index in [-0.39, 0.29) is 18.2 Å². The number of amides is 2. The molecule has 0 radical (unpaired) electrons. The van der Waals surface area contributed by atoms with Crippen molar-refractivity contribution in [3.8, 4) is 0 Å². The van der Waals surface area contributed by atoms with Gasteiger partial charge in [0.25, 0.3) is 0 Å². The highest BCUT2D eigenvalue weighted by atomic mass is 16.3. The number of carbonyl (C=O) groups excluding carboxylic acids is 1. The fraction of sp³-hybridized carbons (Fsp3) is 0.929. The monoisotopic (exact) mass is 254 g/mol. The van der Waals surface area contributed by atoms with Crippen LogP contribution in [0.25, 0.3) is 0 Å². The van der Waals surface area contributed by atoms with Crippen molar-refractivity contribution in [2.75, 3.05) is 20.6 Å². The highest BCUT2D eigenvalue weighted by Gasteiger charge is 2.37. The normalized spacial score (nSPS) is 33.3. The molecule has 1 aliphatic heterocycles. The van der Waals surface area contributed by atoms with Crippen LogP contribution in [-0.2, 0) is 0 Å². The zero-order valence-electron chi connectivity index (χ0n) is 11.6. The van der Waals surface area contributed by atoms with Crippen molar-refractivity contribution in [2.24, 2.45) is 5.92 Å². The molecule has 1 aliphatic carbocycles. The quantitative estimate of drug-likeness (QED) is 0.778. The summed E-state index contributed by atoms with van der Waals surface area (Å²) in [5.41, 5.74) is 0. The molecule has 3 unspecified atom stereocenters. The molecule has 2 amide bonds. The van der Waals surface area contributed by atoms with E-state index < -0.39 is 0 Å². The van der Waals surface area contributed by atoms with Gasteiger partial charge in [-0.15, -0.1) is 0 Å². The Bertz CT molecular complexity index is 294. The Morgan fingerprint density at radius 1 is 1.11 bits per heavy atom. The lowest BCUT2D eigenvalue weighted by atomic mass is 9.78. The summed E-state index contributed by atoms with van der Waals surface area (Å²) >= 11 is 0. The van der Waals surface area contributed by atoms with Crippen LogP contribution in [0.1, 0.15) is 44.9 Å². The molecule has 3 atom stereocenters. The molecule has 1 heterocycles. The van der Waals surface area contributed by atoms with Crippen LogP contribution in [0.5, 0.6) is 0 Å². The van der Waals surface area contributed by atoms with Crippen molar-refractivity contribution in [2.45, 2.75) is 57.1 Å². The number of aliphatic hydroxyl groups is 1. The number of aliphatic hydroxyl groups excluding tert-OH is 1. The second-order valence-corrected chi connectivity index (χ2v) is 5.95. The van der Waals surface area contributed by atoms with Gasteiger partial charge in [0.2, 0.25) is 0 Å². The number of nitrogens with zero attached hydrogens (tertiary/aromatic N) is 2. The maximum atomic E-state index is 12.2. The van der Waals surface area contributed by atoms with Crippen LogP contribution >= 0.6 is 0 Å². The highest BCUT2D eigenvalue weighted by Crippen LogP contribution is 2.34. The molecule has 1 saturated carbocycles. The molecule has 1 N–H and O–H groups in total. The minimum absolute atomic E-state index is 0.109. The Hall–Kier alpha value is -0.770. The number of hydrogen-bond donors (Lipinski definition) is 1. The SMILES string of the molecule is CN(C)C(=O)N1CCCCC1C1CCCCC1O. The lowest BCUT2D eigenvalue weighted by Gasteiger charge is -2.44. The molecule has 104 valence electrons. The Kier molecular flexibility index (Phi) is 4.49. The van der Waals surface area contributed by atoms with E-state index in [9.17, 15) is 9.90 Å². The third-order valence-corrected chi connectivity index (χ3v) is 4.45. The van der Waals surface area contributed by atoms with E-state index in [4.69, 9.17) is 0 Å². The maximum absolute atomic E-state index is 12.2. The summed E-state index contributed by atoms with van der Waals surface area (Å²) in [6, 6.07) is 0.362. The molecule has 2 fully saturated rings. The van der Waals surface area contributed by atoms with Crippen molar-refractivity contribution < 1.29 is 9.90 Å². The summed E-state index contributed by atoms with van der Waals surface area (Å²) < 4.78 is 0. The molecule has 2 rings (SSSR count). The molecule has 0 spiro atoms.